The number of carbonyl (C=O) groups excluding carboxylic acids is 1. The van der Waals surface area contributed by atoms with Crippen molar-refractivity contribution in [3.8, 4) is 0 Å². The van der Waals surface area contributed by atoms with Crippen molar-refractivity contribution in [3.05, 3.63) is 0 Å². The van der Waals surface area contributed by atoms with Gasteiger partial charge in [0.25, 0.3) is 0 Å². The molecule has 0 aromatic carbocycles. The van der Waals surface area contributed by atoms with Crippen molar-refractivity contribution in [1.82, 2.24) is 0 Å². The first-order valence-corrected chi connectivity index (χ1v) is 7.76. The lowest BCUT2D eigenvalue weighted by Gasteiger charge is -2.42. The SMILES string of the molecule is O=C(O)CC(OC(=O)C(F)(F)C(F)(F)C(F)(F)C(F)(F)C(F)(F)C(F)(F)C(F)(F)C(F)(F)F)C(=O)O. The summed E-state index contributed by atoms with van der Waals surface area (Å²) in [6.07, 6.45) is -13.5. The molecule has 1 unspecified atom stereocenters. The molecule has 0 bridgehead atoms. The molecular formula is C13H5F17O6. The van der Waals surface area contributed by atoms with Gasteiger partial charge in [-0.3, -0.25) is 4.79 Å². The van der Waals surface area contributed by atoms with Gasteiger partial charge in [0.2, 0.25) is 6.10 Å². The van der Waals surface area contributed by atoms with Crippen LogP contribution in [0.25, 0.3) is 0 Å². The molecule has 212 valence electrons. The van der Waals surface area contributed by atoms with Crippen molar-refractivity contribution >= 4 is 17.9 Å². The van der Waals surface area contributed by atoms with Gasteiger partial charge in [0.1, 0.15) is 0 Å². The summed E-state index contributed by atoms with van der Waals surface area (Å²) >= 11 is 0. The molecule has 0 saturated heterocycles. The lowest BCUT2D eigenvalue weighted by molar-refractivity contribution is -0.460. The Balaban J connectivity index is 6.71. The van der Waals surface area contributed by atoms with E-state index in [2.05, 4.69) is 4.74 Å². The second kappa shape index (κ2) is 8.95. The Bertz CT molecular complexity index is 877. The lowest BCUT2D eigenvalue weighted by Crippen LogP contribution is -2.75. The number of carboxylic acids is 2. The molecule has 1 atom stereocenters. The average Bonchev–Trinajstić information content (AvgIpc) is 2.64. The normalized spacial score (nSPS) is 15.9. The van der Waals surface area contributed by atoms with Crippen LogP contribution in [0, 0.1) is 0 Å². The van der Waals surface area contributed by atoms with E-state index in [1.807, 2.05) is 0 Å². The highest BCUT2D eigenvalue weighted by atomic mass is 19.4. The van der Waals surface area contributed by atoms with E-state index in [9.17, 15) is 89.0 Å². The molecule has 2 N–H and O–H groups in total. The lowest BCUT2D eigenvalue weighted by atomic mass is 9.89. The van der Waals surface area contributed by atoms with Crippen molar-refractivity contribution in [2.24, 2.45) is 0 Å². The van der Waals surface area contributed by atoms with Crippen molar-refractivity contribution in [3.63, 3.8) is 0 Å². The topological polar surface area (TPSA) is 101 Å². The van der Waals surface area contributed by atoms with Gasteiger partial charge in [0.05, 0.1) is 6.42 Å². The van der Waals surface area contributed by atoms with Gasteiger partial charge in [-0.1, -0.05) is 0 Å². The minimum absolute atomic E-state index is 2.11. The second-order valence-electron chi connectivity index (χ2n) is 6.35. The molecule has 0 aliphatic rings. The second-order valence-corrected chi connectivity index (χ2v) is 6.35. The maximum absolute atomic E-state index is 13.6. The summed E-state index contributed by atoms with van der Waals surface area (Å²) in [7, 11) is 0. The fraction of sp³-hybridized carbons (Fsp3) is 0.769. The monoisotopic (exact) mass is 580 g/mol. The van der Waals surface area contributed by atoms with Crippen LogP contribution < -0.4 is 0 Å². The number of carboxylic acid groups (broad SMARTS) is 2. The van der Waals surface area contributed by atoms with Crippen LogP contribution in [0.2, 0.25) is 0 Å². The van der Waals surface area contributed by atoms with Crippen molar-refractivity contribution in [2.75, 3.05) is 0 Å². The zero-order valence-electron chi connectivity index (χ0n) is 15.7. The maximum Gasteiger partial charge on any atom is 0.460 e. The molecule has 0 aromatic rings. The van der Waals surface area contributed by atoms with E-state index in [-0.39, 0.29) is 0 Å². The van der Waals surface area contributed by atoms with Crippen molar-refractivity contribution in [2.45, 2.75) is 60.2 Å². The Morgan fingerprint density at radius 3 is 1.14 bits per heavy atom. The molecule has 0 amide bonds. The van der Waals surface area contributed by atoms with Gasteiger partial charge in [-0.25, -0.2) is 9.59 Å². The van der Waals surface area contributed by atoms with E-state index in [4.69, 9.17) is 10.2 Å². The van der Waals surface area contributed by atoms with Gasteiger partial charge < -0.3 is 14.9 Å². The molecule has 0 aliphatic carbocycles. The molecule has 36 heavy (non-hydrogen) atoms. The first-order valence-electron chi connectivity index (χ1n) is 7.76. The van der Waals surface area contributed by atoms with Gasteiger partial charge >= 0.3 is 65.5 Å². The van der Waals surface area contributed by atoms with E-state index in [1.54, 1.807) is 0 Å². The van der Waals surface area contributed by atoms with Crippen molar-refractivity contribution < 1.29 is 104 Å². The van der Waals surface area contributed by atoms with E-state index in [1.165, 1.54) is 0 Å². The summed E-state index contributed by atoms with van der Waals surface area (Å²) < 4.78 is 225. The smallest absolute Gasteiger partial charge is 0.460 e. The van der Waals surface area contributed by atoms with Crippen LogP contribution >= 0.6 is 0 Å². The molecule has 6 nitrogen and oxygen atoms in total. The predicted molar refractivity (Wildman–Crippen MR) is 70.5 cm³/mol. The summed E-state index contributed by atoms with van der Waals surface area (Å²) in [5, 5.41) is 16.6. The van der Waals surface area contributed by atoms with Gasteiger partial charge in [-0.2, -0.15) is 74.6 Å². The summed E-state index contributed by atoms with van der Waals surface area (Å²) in [5.74, 6) is -69.4. The van der Waals surface area contributed by atoms with Gasteiger partial charge in [-0.15, -0.1) is 0 Å². The Kier molecular flexibility index (Phi) is 8.26. The van der Waals surface area contributed by atoms with Crippen LogP contribution in [0.1, 0.15) is 6.42 Å². The van der Waals surface area contributed by atoms with Crippen LogP contribution in [0.15, 0.2) is 0 Å². The molecule has 0 saturated carbocycles. The number of esters is 1. The largest absolute Gasteiger partial charge is 0.481 e. The molecule has 0 rings (SSSR count). The van der Waals surface area contributed by atoms with Crippen molar-refractivity contribution in [1.29, 1.82) is 0 Å². The molecule has 0 fully saturated rings. The van der Waals surface area contributed by atoms with Crippen LogP contribution in [-0.4, -0.2) is 81.9 Å². The van der Waals surface area contributed by atoms with Crippen LogP contribution in [0.5, 0.6) is 0 Å². The molecule has 0 spiro atoms. The number of hydrogen-bond acceptors (Lipinski definition) is 4. The van der Waals surface area contributed by atoms with Gasteiger partial charge in [-0.05, 0) is 0 Å². The number of carbonyl (C=O) groups is 3. The van der Waals surface area contributed by atoms with E-state index in [0.29, 0.717) is 0 Å². The Morgan fingerprint density at radius 1 is 0.556 bits per heavy atom. The van der Waals surface area contributed by atoms with E-state index >= 15 is 0 Å². The number of alkyl halides is 17. The predicted octanol–water partition coefficient (Wildman–Crippen LogP) is 4.47. The quantitative estimate of drug-likeness (QED) is 0.277. The van der Waals surface area contributed by atoms with E-state index in [0.717, 1.165) is 0 Å². The summed E-state index contributed by atoms with van der Waals surface area (Å²) in [4.78, 5) is 31.8. The Hall–Kier alpha value is -2.78. The minimum atomic E-state index is -8.95. The summed E-state index contributed by atoms with van der Waals surface area (Å²) in [6, 6.07) is 0. The fourth-order valence-corrected chi connectivity index (χ4v) is 1.83. The van der Waals surface area contributed by atoms with Crippen LogP contribution in [-0.2, 0) is 19.1 Å². The molecular weight excluding hydrogens is 575 g/mol. The van der Waals surface area contributed by atoms with Crippen LogP contribution in [0.3, 0.4) is 0 Å². The first kappa shape index (κ1) is 33.2. The number of rotatable bonds is 11. The third-order valence-electron chi connectivity index (χ3n) is 3.86. The first-order chi connectivity index (χ1) is 15.4. The zero-order chi connectivity index (χ0) is 29.7. The Labute approximate surface area is 183 Å². The number of halogens is 17. The van der Waals surface area contributed by atoms with Gasteiger partial charge in [0, 0.05) is 0 Å². The fourth-order valence-electron chi connectivity index (χ4n) is 1.83. The number of ether oxygens (including phenoxy) is 1. The number of aliphatic carboxylic acids is 2. The third-order valence-corrected chi connectivity index (χ3v) is 3.86. The molecule has 0 aliphatic heterocycles. The highest BCUT2D eigenvalue weighted by Crippen LogP contribution is 2.64. The number of hydrogen-bond donors (Lipinski definition) is 2. The highest BCUT2D eigenvalue weighted by Gasteiger charge is 2.96. The summed E-state index contributed by atoms with van der Waals surface area (Å²) in [6.45, 7) is 0. The molecule has 0 heterocycles. The maximum atomic E-state index is 13.6. The average molecular weight is 580 g/mol. The molecule has 0 radical (unpaired) electrons. The zero-order valence-corrected chi connectivity index (χ0v) is 15.7. The van der Waals surface area contributed by atoms with Gasteiger partial charge in [0.15, 0.2) is 0 Å². The van der Waals surface area contributed by atoms with E-state index < -0.39 is 78.1 Å². The summed E-state index contributed by atoms with van der Waals surface area (Å²) in [5.41, 5.74) is 0. The molecule has 0 aromatic heterocycles. The highest BCUT2D eigenvalue weighted by molar-refractivity contribution is 5.85. The third kappa shape index (κ3) is 4.66. The Morgan fingerprint density at radius 2 is 0.861 bits per heavy atom. The minimum Gasteiger partial charge on any atom is -0.481 e. The molecule has 23 heteroatoms. The van der Waals surface area contributed by atoms with Crippen LogP contribution in [0.4, 0.5) is 74.6 Å². The standard InChI is InChI=1S/C13H5F17O6/c14-6(15,5(35)36-2(4(33)34)1-3(31)32)7(16,17)8(18,19)9(20,21)10(22,23)11(24,25)12(26,27)13(28,29)30/h2H,1H2,(H,31,32)(H,33,34).